The number of primary amides is 1. The maximum atomic E-state index is 13.8. The average molecular weight is 660 g/mol. The lowest BCUT2D eigenvalue weighted by atomic mass is 10.0. The summed E-state index contributed by atoms with van der Waals surface area (Å²) in [4.78, 5) is 29.5. The molecule has 0 atom stereocenters. The number of nitrogens with two attached hydrogens (primary N) is 1. The quantitative estimate of drug-likeness (QED) is 0.153. The zero-order valence-electron chi connectivity index (χ0n) is 22.5. The van der Waals surface area contributed by atoms with Crippen LogP contribution in [0.4, 0.5) is 32.0 Å². The standard InChI is InChI=1S/C26H20ClF6N7O3S/c1-3-39-8-12(9(2)37-39)11-6-13(21(28)29)35-26-15(11)17(20(44-26)24(34)41)36-25(42)14-5-4-10(43-14)7-40-19(23(32)33)16(27)18(38-40)22(30)31/h4-6,8,21-23H,3,7H2,1-2H3,(H2,34,41)(H,36,42). The third-order valence-corrected chi connectivity index (χ3v) is 7.97. The minimum atomic E-state index is -3.24. The van der Waals surface area contributed by atoms with Crippen LogP contribution in [-0.2, 0) is 13.1 Å². The Morgan fingerprint density at radius 1 is 1.09 bits per heavy atom. The number of furan rings is 1. The molecule has 0 aliphatic rings. The number of halogens is 7. The van der Waals surface area contributed by atoms with Crippen LogP contribution in [0.25, 0.3) is 21.3 Å². The maximum absolute atomic E-state index is 13.8. The second-order valence-electron chi connectivity index (χ2n) is 9.29. The molecule has 5 aromatic rings. The number of fused-ring (bicyclic) bond motifs is 1. The van der Waals surface area contributed by atoms with Gasteiger partial charge in [-0.1, -0.05) is 11.6 Å². The molecule has 232 valence electrons. The van der Waals surface area contributed by atoms with Gasteiger partial charge in [0.2, 0.25) is 0 Å². The molecule has 2 amide bonds. The van der Waals surface area contributed by atoms with Crippen molar-refractivity contribution in [2.24, 2.45) is 5.73 Å². The molecule has 18 heteroatoms. The number of amides is 2. The molecular weight excluding hydrogens is 640 g/mol. The van der Waals surface area contributed by atoms with Gasteiger partial charge in [0.15, 0.2) is 5.76 Å². The predicted molar refractivity (Wildman–Crippen MR) is 148 cm³/mol. The summed E-state index contributed by atoms with van der Waals surface area (Å²) in [6.45, 7) is 3.40. The summed E-state index contributed by atoms with van der Waals surface area (Å²) in [5.41, 5.74) is 4.04. The molecule has 5 rings (SSSR count). The van der Waals surface area contributed by atoms with E-state index < -0.39 is 59.7 Å². The van der Waals surface area contributed by atoms with Gasteiger partial charge in [0, 0.05) is 23.7 Å². The lowest BCUT2D eigenvalue weighted by Crippen LogP contribution is -2.16. The zero-order valence-corrected chi connectivity index (χ0v) is 24.1. The van der Waals surface area contributed by atoms with Crippen molar-refractivity contribution < 1.29 is 40.3 Å². The Morgan fingerprint density at radius 3 is 2.41 bits per heavy atom. The molecule has 5 heterocycles. The molecule has 3 N–H and O–H groups in total. The van der Waals surface area contributed by atoms with Crippen LogP contribution in [0.3, 0.4) is 0 Å². The Labute approximate surface area is 252 Å². The third kappa shape index (κ3) is 5.63. The van der Waals surface area contributed by atoms with Crippen LogP contribution in [0.15, 0.2) is 28.8 Å². The molecule has 0 aliphatic heterocycles. The monoisotopic (exact) mass is 659 g/mol. The Balaban J connectivity index is 1.55. The SMILES string of the molecule is CCn1cc(-c2cc(C(F)F)nc3sc(C(N)=O)c(NC(=O)c4ccc(Cn5nc(C(F)F)c(Cl)c5C(F)F)o4)c23)c(C)n1. The van der Waals surface area contributed by atoms with E-state index in [1.165, 1.54) is 12.1 Å². The number of hydrogen-bond acceptors (Lipinski definition) is 7. The van der Waals surface area contributed by atoms with E-state index in [0.29, 0.717) is 33.8 Å². The Kier molecular flexibility index (Phi) is 8.44. The minimum Gasteiger partial charge on any atom is -0.454 e. The van der Waals surface area contributed by atoms with E-state index in [-0.39, 0.29) is 37.9 Å². The highest BCUT2D eigenvalue weighted by atomic mass is 35.5. The van der Waals surface area contributed by atoms with E-state index in [9.17, 15) is 35.9 Å². The highest BCUT2D eigenvalue weighted by Gasteiger charge is 2.30. The first-order valence-electron chi connectivity index (χ1n) is 12.6. The van der Waals surface area contributed by atoms with Crippen molar-refractivity contribution in [3.8, 4) is 11.1 Å². The number of carbonyl (C=O) groups is 2. The topological polar surface area (TPSA) is 134 Å². The molecule has 0 aromatic carbocycles. The van der Waals surface area contributed by atoms with Crippen LogP contribution in [0.5, 0.6) is 0 Å². The molecule has 0 saturated heterocycles. The summed E-state index contributed by atoms with van der Waals surface area (Å²) < 4.78 is 88.7. The highest BCUT2D eigenvalue weighted by Crippen LogP contribution is 2.43. The molecule has 0 saturated carbocycles. The fraction of sp³-hybridized carbons (Fsp3) is 0.269. The van der Waals surface area contributed by atoms with Gasteiger partial charge in [0.1, 0.15) is 32.5 Å². The van der Waals surface area contributed by atoms with Gasteiger partial charge < -0.3 is 15.5 Å². The van der Waals surface area contributed by atoms with E-state index in [1.807, 2.05) is 6.92 Å². The Bertz CT molecular complexity index is 1900. The van der Waals surface area contributed by atoms with Crippen LogP contribution < -0.4 is 11.1 Å². The van der Waals surface area contributed by atoms with Crippen molar-refractivity contribution in [3.05, 3.63) is 68.6 Å². The number of alkyl halides is 6. The van der Waals surface area contributed by atoms with E-state index >= 15 is 0 Å². The molecule has 0 radical (unpaired) electrons. The molecule has 0 bridgehead atoms. The van der Waals surface area contributed by atoms with Crippen molar-refractivity contribution in [1.82, 2.24) is 24.5 Å². The van der Waals surface area contributed by atoms with Crippen LogP contribution in [0.2, 0.25) is 5.02 Å². The first-order chi connectivity index (χ1) is 20.8. The van der Waals surface area contributed by atoms with Crippen molar-refractivity contribution in [2.45, 2.75) is 46.2 Å². The van der Waals surface area contributed by atoms with Crippen LogP contribution in [0.1, 0.15) is 75.0 Å². The molecule has 5 aromatic heterocycles. The van der Waals surface area contributed by atoms with Gasteiger partial charge in [-0.2, -0.15) is 10.2 Å². The van der Waals surface area contributed by atoms with E-state index in [4.69, 9.17) is 21.8 Å². The van der Waals surface area contributed by atoms with Crippen LogP contribution >= 0.6 is 22.9 Å². The van der Waals surface area contributed by atoms with Gasteiger partial charge in [-0.25, -0.2) is 31.3 Å². The summed E-state index contributed by atoms with van der Waals surface area (Å²) >= 11 is 6.38. The maximum Gasteiger partial charge on any atom is 0.291 e. The van der Waals surface area contributed by atoms with Gasteiger partial charge in [-0.05, 0) is 37.6 Å². The Morgan fingerprint density at radius 2 is 1.82 bits per heavy atom. The number of nitrogens with zero attached hydrogens (tertiary/aromatic N) is 5. The third-order valence-electron chi connectivity index (χ3n) is 6.49. The van der Waals surface area contributed by atoms with Crippen molar-refractivity contribution >= 4 is 50.7 Å². The van der Waals surface area contributed by atoms with Crippen molar-refractivity contribution in [3.63, 3.8) is 0 Å². The zero-order chi connectivity index (χ0) is 32.0. The molecular formula is C26H20ClF6N7O3S. The summed E-state index contributed by atoms with van der Waals surface area (Å²) in [5, 5.41) is 9.60. The first kappa shape index (κ1) is 31.1. The normalized spacial score (nSPS) is 11.9. The largest absolute Gasteiger partial charge is 0.454 e. The fourth-order valence-electron chi connectivity index (χ4n) is 4.53. The van der Waals surface area contributed by atoms with E-state index in [0.717, 1.165) is 6.07 Å². The average Bonchev–Trinajstić information content (AvgIpc) is 3.73. The number of anilines is 1. The number of rotatable bonds is 10. The van der Waals surface area contributed by atoms with E-state index in [1.54, 1.807) is 17.8 Å². The van der Waals surface area contributed by atoms with Gasteiger partial charge in [0.25, 0.3) is 31.1 Å². The molecule has 10 nitrogen and oxygen atoms in total. The lowest BCUT2D eigenvalue weighted by molar-refractivity contribution is 0.0994. The number of hydrogen-bond donors (Lipinski definition) is 2. The molecule has 0 aliphatic carbocycles. The predicted octanol–water partition coefficient (Wildman–Crippen LogP) is 7.14. The first-order valence-corrected chi connectivity index (χ1v) is 13.8. The summed E-state index contributed by atoms with van der Waals surface area (Å²) in [6.07, 6.45) is -7.78. The van der Waals surface area contributed by atoms with E-state index in [2.05, 4.69) is 20.5 Å². The molecule has 0 fully saturated rings. The van der Waals surface area contributed by atoms with Gasteiger partial charge in [0.05, 0.1) is 22.9 Å². The van der Waals surface area contributed by atoms with Gasteiger partial charge >= 0.3 is 0 Å². The van der Waals surface area contributed by atoms with Crippen molar-refractivity contribution in [1.29, 1.82) is 0 Å². The number of thiophene rings is 1. The molecule has 0 unspecified atom stereocenters. The second-order valence-corrected chi connectivity index (χ2v) is 10.7. The number of aryl methyl sites for hydroxylation is 2. The Hall–Kier alpha value is -4.38. The van der Waals surface area contributed by atoms with Gasteiger partial charge in [-0.15, -0.1) is 11.3 Å². The molecule has 44 heavy (non-hydrogen) atoms. The smallest absolute Gasteiger partial charge is 0.291 e. The van der Waals surface area contributed by atoms with Gasteiger partial charge in [-0.3, -0.25) is 19.0 Å². The minimum absolute atomic E-state index is 0.00407. The summed E-state index contributed by atoms with van der Waals surface area (Å²) in [5.74, 6) is -2.38. The highest BCUT2D eigenvalue weighted by molar-refractivity contribution is 7.21. The number of aromatic nitrogens is 5. The number of carbonyl (C=O) groups excluding carboxylic acids is 2. The lowest BCUT2D eigenvalue weighted by Gasteiger charge is -2.10. The summed E-state index contributed by atoms with van der Waals surface area (Å²) in [7, 11) is 0. The number of pyridine rings is 1. The van der Waals surface area contributed by atoms with Crippen LogP contribution in [0, 0.1) is 6.92 Å². The number of nitrogens with one attached hydrogen (secondary N) is 1. The fourth-order valence-corrected chi connectivity index (χ4v) is 5.84. The summed E-state index contributed by atoms with van der Waals surface area (Å²) in [6, 6.07) is 3.54. The van der Waals surface area contributed by atoms with Crippen molar-refractivity contribution in [2.75, 3.05) is 5.32 Å². The molecule has 0 spiro atoms. The van der Waals surface area contributed by atoms with Crippen LogP contribution in [-0.4, -0.2) is 36.4 Å². The second kappa shape index (κ2) is 12.0.